The lowest BCUT2D eigenvalue weighted by molar-refractivity contribution is -0.123. The number of hydrogen-bond acceptors (Lipinski definition) is 6. The summed E-state index contributed by atoms with van der Waals surface area (Å²) in [4.78, 5) is 45.3. The maximum Gasteiger partial charge on any atom is 0.257 e. The van der Waals surface area contributed by atoms with E-state index in [4.69, 9.17) is 4.74 Å². The monoisotopic (exact) mass is 450 g/mol. The summed E-state index contributed by atoms with van der Waals surface area (Å²) in [5.41, 5.74) is 2.40. The van der Waals surface area contributed by atoms with E-state index in [1.807, 2.05) is 25.1 Å². The number of anilines is 2. The summed E-state index contributed by atoms with van der Waals surface area (Å²) in [6.45, 7) is 2.01. The van der Waals surface area contributed by atoms with Crippen LogP contribution in [0.2, 0.25) is 0 Å². The number of aromatic nitrogens is 2. The van der Waals surface area contributed by atoms with Gasteiger partial charge >= 0.3 is 0 Å². The molecule has 1 atom stereocenters. The first-order chi connectivity index (χ1) is 15.4. The molecular formula is C23H22N4O4S. The Labute approximate surface area is 188 Å². The first-order valence-electron chi connectivity index (χ1n) is 10.0. The third-order valence-corrected chi connectivity index (χ3v) is 6.01. The van der Waals surface area contributed by atoms with E-state index in [0.717, 1.165) is 11.1 Å². The van der Waals surface area contributed by atoms with Gasteiger partial charge in [0.1, 0.15) is 11.6 Å². The van der Waals surface area contributed by atoms with Gasteiger partial charge in [-0.05, 0) is 24.6 Å². The molecule has 2 amide bonds. The van der Waals surface area contributed by atoms with Gasteiger partial charge in [-0.3, -0.25) is 14.4 Å². The molecule has 0 fully saturated rings. The number of nitrogens with one attached hydrogen (secondary N) is 3. The van der Waals surface area contributed by atoms with Crippen LogP contribution in [0.5, 0.6) is 5.75 Å². The molecule has 1 unspecified atom stereocenters. The highest BCUT2D eigenvalue weighted by molar-refractivity contribution is 7.98. The van der Waals surface area contributed by atoms with Crippen LogP contribution in [0.4, 0.5) is 11.5 Å². The van der Waals surface area contributed by atoms with Crippen LogP contribution >= 0.6 is 11.8 Å². The lowest BCUT2D eigenvalue weighted by atomic mass is 9.92. The highest BCUT2D eigenvalue weighted by Crippen LogP contribution is 2.32. The maximum absolute atomic E-state index is 13.0. The Bertz CT molecular complexity index is 1240. The van der Waals surface area contributed by atoms with Crippen LogP contribution in [0.3, 0.4) is 0 Å². The molecule has 0 saturated carbocycles. The maximum atomic E-state index is 13.0. The van der Waals surface area contributed by atoms with Gasteiger partial charge in [-0.25, -0.2) is 4.98 Å². The van der Waals surface area contributed by atoms with Crippen molar-refractivity contribution in [3.05, 3.63) is 75.6 Å². The molecule has 8 nitrogen and oxygen atoms in total. The van der Waals surface area contributed by atoms with Gasteiger partial charge in [0.2, 0.25) is 11.8 Å². The van der Waals surface area contributed by atoms with Crippen molar-refractivity contribution in [3.8, 4) is 5.75 Å². The lowest BCUT2D eigenvalue weighted by Crippen LogP contribution is -2.36. The second-order valence-electron chi connectivity index (χ2n) is 7.41. The summed E-state index contributed by atoms with van der Waals surface area (Å²) in [7, 11) is 1.50. The van der Waals surface area contributed by atoms with Gasteiger partial charge in [-0.15, -0.1) is 0 Å². The molecule has 32 heavy (non-hydrogen) atoms. The predicted molar refractivity (Wildman–Crippen MR) is 123 cm³/mol. The van der Waals surface area contributed by atoms with Crippen LogP contribution in [-0.2, 0) is 15.3 Å². The summed E-state index contributed by atoms with van der Waals surface area (Å²) in [6.07, 6.45) is -0.144. The van der Waals surface area contributed by atoms with E-state index in [1.54, 1.807) is 24.3 Å². The van der Waals surface area contributed by atoms with Gasteiger partial charge in [0, 0.05) is 12.2 Å². The normalized spacial score (nSPS) is 14.9. The predicted octanol–water partition coefficient (Wildman–Crippen LogP) is 3.44. The van der Waals surface area contributed by atoms with Gasteiger partial charge < -0.3 is 20.4 Å². The molecule has 2 aromatic carbocycles. The molecule has 3 N–H and O–H groups in total. The fourth-order valence-electron chi connectivity index (χ4n) is 3.56. The average molecular weight is 451 g/mol. The number of aryl methyl sites for hydroxylation is 1. The number of hydrogen-bond donors (Lipinski definition) is 3. The van der Waals surface area contributed by atoms with E-state index in [2.05, 4.69) is 26.7 Å². The van der Waals surface area contributed by atoms with Crippen LogP contribution in [0, 0.1) is 6.92 Å². The highest BCUT2D eigenvalue weighted by Gasteiger charge is 2.35. The molecule has 1 aromatic heterocycles. The molecule has 1 aliphatic heterocycles. The number of para-hydroxylation sites is 2. The molecular weight excluding hydrogens is 428 g/mol. The fourth-order valence-corrected chi connectivity index (χ4v) is 4.37. The summed E-state index contributed by atoms with van der Waals surface area (Å²) in [6, 6.07) is 15.0. The SMILES string of the molecule is COc1ccccc1NC(=O)C1CC(=O)Nc2nc(SCc3cccc(C)c3)[nH]c(=O)c21. The topological polar surface area (TPSA) is 113 Å². The van der Waals surface area contributed by atoms with Crippen molar-refractivity contribution >= 4 is 35.1 Å². The zero-order valence-corrected chi connectivity index (χ0v) is 18.4. The molecule has 0 saturated heterocycles. The number of carbonyl (C=O) groups excluding carboxylic acids is 2. The third-order valence-electron chi connectivity index (χ3n) is 5.07. The van der Waals surface area contributed by atoms with E-state index in [1.165, 1.54) is 18.9 Å². The van der Waals surface area contributed by atoms with Crippen molar-refractivity contribution in [3.63, 3.8) is 0 Å². The van der Waals surface area contributed by atoms with Gasteiger partial charge in [0.05, 0.1) is 24.3 Å². The number of methoxy groups -OCH3 is 1. The molecule has 0 spiro atoms. The quantitative estimate of drug-likeness (QED) is 0.392. The van der Waals surface area contributed by atoms with Gasteiger partial charge in [0.15, 0.2) is 5.16 Å². The molecule has 2 heterocycles. The van der Waals surface area contributed by atoms with Crippen LogP contribution in [0.25, 0.3) is 0 Å². The molecule has 164 valence electrons. The average Bonchev–Trinajstić information content (AvgIpc) is 2.77. The minimum atomic E-state index is -0.962. The number of fused-ring (bicyclic) bond motifs is 1. The first-order valence-corrected chi connectivity index (χ1v) is 11.0. The summed E-state index contributed by atoms with van der Waals surface area (Å²) in [5, 5.41) is 5.76. The number of nitrogens with zero attached hydrogens (tertiary/aromatic N) is 1. The summed E-state index contributed by atoms with van der Waals surface area (Å²) in [5.74, 6) is -0.595. The van der Waals surface area contributed by atoms with Crippen molar-refractivity contribution in [2.24, 2.45) is 0 Å². The van der Waals surface area contributed by atoms with Crippen LogP contribution in [0.1, 0.15) is 29.0 Å². The smallest absolute Gasteiger partial charge is 0.257 e. The molecule has 1 aliphatic rings. The molecule has 3 aromatic rings. The van der Waals surface area contributed by atoms with Crippen LogP contribution in [0.15, 0.2) is 58.5 Å². The highest BCUT2D eigenvalue weighted by atomic mass is 32.2. The molecule has 4 rings (SSSR count). The number of ether oxygens (including phenoxy) is 1. The first kappa shape index (κ1) is 21.6. The van der Waals surface area contributed by atoms with Gasteiger partial charge in [0.25, 0.3) is 5.56 Å². The Kier molecular flexibility index (Phi) is 6.27. The second kappa shape index (κ2) is 9.27. The number of benzene rings is 2. The Morgan fingerprint density at radius 2 is 2.03 bits per heavy atom. The van der Waals surface area contributed by atoms with Crippen molar-refractivity contribution < 1.29 is 14.3 Å². The van der Waals surface area contributed by atoms with Crippen molar-refractivity contribution in [2.75, 3.05) is 17.7 Å². The largest absolute Gasteiger partial charge is 0.495 e. The van der Waals surface area contributed by atoms with Crippen molar-refractivity contribution in [1.29, 1.82) is 0 Å². The Morgan fingerprint density at radius 3 is 2.81 bits per heavy atom. The number of thioether (sulfide) groups is 1. The number of amides is 2. The number of carbonyl (C=O) groups is 2. The Balaban J connectivity index is 1.58. The molecule has 9 heteroatoms. The van der Waals surface area contributed by atoms with Gasteiger partial charge in [-0.1, -0.05) is 53.7 Å². The number of rotatable bonds is 6. The minimum absolute atomic E-state index is 0.122. The van der Waals surface area contributed by atoms with Crippen LogP contribution < -0.4 is 20.9 Å². The lowest BCUT2D eigenvalue weighted by Gasteiger charge is -2.23. The molecule has 0 radical (unpaired) electrons. The fraction of sp³-hybridized carbons (Fsp3) is 0.217. The van der Waals surface area contributed by atoms with Gasteiger partial charge in [-0.2, -0.15) is 0 Å². The molecule has 0 bridgehead atoms. The standard InChI is InChI=1S/C23H22N4O4S/c1-13-6-5-7-14(10-13)12-32-23-26-20-19(22(30)27-23)15(11-18(28)25-20)21(29)24-16-8-3-4-9-17(16)31-2/h3-10,15H,11-12H2,1-2H3,(H,24,29)(H2,25,26,27,28,30). The van der Waals surface area contributed by atoms with E-state index < -0.39 is 17.4 Å². The van der Waals surface area contributed by atoms with E-state index >= 15 is 0 Å². The second-order valence-corrected chi connectivity index (χ2v) is 8.37. The van der Waals surface area contributed by atoms with E-state index in [-0.39, 0.29) is 23.7 Å². The van der Waals surface area contributed by atoms with Crippen molar-refractivity contribution in [2.45, 2.75) is 30.2 Å². The minimum Gasteiger partial charge on any atom is -0.495 e. The summed E-state index contributed by atoms with van der Waals surface area (Å²) >= 11 is 1.35. The van der Waals surface area contributed by atoms with Crippen molar-refractivity contribution in [1.82, 2.24) is 9.97 Å². The number of H-pyrrole nitrogens is 1. The molecule has 0 aliphatic carbocycles. The van der Waals surface area contributed by atoms with Crippen LogP contribution in [-0.4, -0.2) is 28.9 Å². The zero-order valence-electron chi connectivity index (χ0n) is 17.6. The Morgan fingerprint density at radius 1 is 1.22 bits per heavy atom. The summed E-state index contributed by atoms with van der Waals surface area (Å²) < 4.78 is 5.26. The Hall–Kier alpha value is -3.59. The third kappa shape index (κ3) is 4.67. The zero-order chi connectivity index (χ0) is 22.7. The van der Waals surface area contributed by atoms with E-state index in [9.17, 15) is 14.4 Å². The van der Waals surface area contributed by atoms with E-state index in [0.29, 0.717) is 22.3 Å². The number of aromatic amines is 1.